The van der Waals surface area contributed by atoms with Crippen LogP contribution in [0.5, 0.6) is 0 Å². The smallest absolute Gasteiger partial charge is 0.271 e. The molecule has 0 radical (unpaired) electrons. The Labute approximate surface area is 204 Å². The molecule has 1 aromatic heterocycles. The van der Waals surface area contributed by atoms with Gasteiger partial charge in [0.25, 0.3) is 5.91 Å². The van der Waals surface area contributed by atoms with E-state index in [1.807, 2.05) is 25.4 Å². The number of carbonyl (C=O) groups is 1. The topological polar surface area (TPSA) is 124 Å². The van der Waals surface area contributed by atoms with Gasteiger partial charge in [0, 0.05) is 20.1 Å². The van der Waals surface area contributed by atoms with E-state index in [1.54, 1.807) is 26.7 Å². The molecule has 4 aliphatic rings. The maximum atomic E-state index is 13.4. The van der Waals surface area contributed by atoms with Crippen molar-refractivity contribution in [1.29, 1.82) is 5.26 Å². The van der Waals surface area contributed by atoms with E-state index in [9.17, 15) is 13.2 Å². The molecule has 0 spiro atoms. The van der Waals surface area contributed by atoms with E-state index in [0.29, 0.717) is 50.2 Å². The number of hydrogen-bond donors (Lipinski definition) is 1. The summed E-state index contributed by atoms with van der Waals surface area (Å²) in [6, 6.07) is 9.21. The Balaban J connectivity index is 1.19. The van der Waals surface area contributed by atoms with Crippen LogP contribution in [0.4, 0.5) is 0 Å². The lowest BCUT2D eigenvalue weighted by Crippen LogP contribution is -2.47. The Morgan fingerprint density at radius 2 is 1.97 bits per heavy atom. The normalized spacial score (nSPS) is 23.4. The van der Waals surface area contributed by atoms with Gasteiger partial charge in [0.2, 0.25) is 0 Å². The van der Waals surface area contributed by atoms with Crippen molar-refractivity contribution < 1.29 is 13.2 Å². The minimum atomic E-state index is -3.17. The first-order chi connectivity index (χ1) is 16.8. The fourth-order valence-corrected chi connectivity index (χ4v) is 7.75. The number of carbonyl (C=O) groups excluding carboxylic acids is 1. The fraction of sp³-hybridized carbons (Fsp3) is 0.500. The van der Waals surface area contributed by atoms with Crippen molar-refractivity contribution in [2.75, 3.05) is 20.1 Å². The van der Waals surface area contributed by atoms with Crippen molar-refractivity contribution in [2.24, 2.45) is 0 Å². The zero-order chi connectivity index (χ0) is 24.4. The lowest BCUT2D eigenvalue weighted by atomic mass is 9.97. The number of nitrogens with one attached hydrogen (secondary N) is 1. The second kappa shape index (κ2) is 7.90. The standard InChI is InChI=1S/C24H27N7O3S/c1-29-22-19(8-11-30(23(22)32)15-24(9-10-24)35(33,34)18-6-7-18)21(27-29)20-14-31(28-26-20)13-17-4-2-16(12-25)3-5-17/h2-5,14,18,21,27H,6-11,13,15H2,1H3. The zero-order valence-corrected chi connectivity index (χ0v) is 20.3. The molecule has 2 aromatic rings. The average Bonchev–Trinajstić information content (AvgIpc) is 3.77. The molecule has 0 saturated heterocycles. The van der Waals surface area contributed by atoms with E-state index in [0.717, 1.165) is 29.7 Å². The molecule has 11 heteroatoms. The van der Waals surface area contributed by atoms with Crippen molar-refractivity contribution in [3.05, 3.63) is 58.6 Å². The number of nitrogens with zero attached hydrogens (tertiary/aromatic N) is 6. The lowest BCUT2D eigenvalue weighted by molar-refractivity contribution is -0.129. The molecule has 3 heterocycles. The first-order valence-electron chi connectivity index (χ1n) is 12.0. The minimum absolute atomic E-state index is 0.119. The molecule has 1 atom stereocenters. The molecule has 2 aliphatic heterocycles. The molecule has 1 N–H and O–H groups in total. The Hall–Kier alpha value is -3.23. The molecule has 6 rings (SSSR count). The molecule has 1 unspecified atom stereocenters. The summed E-state index contributed by atoms with van der Waals surface area (Å²) >= 11 is 0. The van der Waals surface area contributed by atoms with Gasteiger partial charge in [0.15, 0.2) is 9.84 Å². The number of nitriles is 1. The van der Waals surface area contributed by atoms with E-state index in [-0.39, 0.29) is 17.2 Å². The van der Waals surface area contributed by atoms with Gasteiger partial charge in [-0.15, -0.1) is 5.10 Å². The summed E-state index contributed by atoms with van der Waals surface area (Å²) in [5.74, 6) is -0.119. The Morgan fingerprint density at radius 1 is 1.23 bits per heavy atom. The van der Waals surface area contributed by atoms with Gasteiger partial charge >= 0.3 is 0 Å². The van der Waals surface area contributed by atoms with Crippen molar-refractivity contribution in [1.82, 2.24) is 30.3 Å². The first-order valence-corrected chi connectivity index (χ1v) is 13.5. The van der Waals surface area contributed by atoms with Gasteiger partial charge < -0.3 is 9.91 Å². The van der Waals surface area contributed by atoms with Gasteiger partial charge in [-0.3, -0.25) is 4.79 Å². The van der Waals surface area contributed by atoms with Crippen LogP contribution in [0.3, 0.4) is 0 Å². The van der Waals surface area contributed by atoms with Crippen molar-refractivity contribution in [2.45, 2.75) is 54.7 Å². The van der Waals surface area contributed by atoms with Crippen LogP contribution in [0.25, 0.3) is 0 Å². The zero-order valence-electron chi connectivity index (χ0n) is 19.5. The van der Waals surface area contributed by atoms with Crippen LogP contribution in [0.15, 0.2) is 41.7 Å². The number of hydrogen-bond acceptors (Lipinski definition) is 8. The molecule has 1 amide bonds. The number of aromatic nitrogens is 3. The van der Waals surface area contributed by atoms with Crippen LogP contribution in [-0.4, -0.2) is 69.4 Å². The maximum Gasteiger partial charge on any atom is 0.271 e. The van der Waals surface area contributed by atoms with Crippen LogP contribution in [0.1, 0.15) is 55.0 Å². The largest absolute Gasteiger partial charge is 0.335 e. The van der Waals surface area contributed by atoms with Crippen LogP contribution < -0.4 is 5.43 Å². The van der Waals surface area contributed by atoms with E-state index in [2.05, 4.69) is 21.8 Å². The highest BCUT2D eigenvalue weighted by atomic mass is 32.2. The molecule has 2 aliphatic carbocycles. The Morgan fingerprint density at radius 3 is 2.63 bits per heavy atom. The second-order valence-corrected chi connectivity index (χ2v) is 12.7. The molecule has 35 heavy (non-hydrogen) atoms. The lowest BCUT2D eigenvalue weighted by Gasteiger charge is -2.32. The van der Waals surface area contributed by atoms with Gasteiger partial charge in [0.1, 0.15) is 11.4 Å². The molecule has 10 nitrogen and oxygen atoms in total. The number of amides is 1. The highest BCUT2D eigenvalue weighted by molar-refractivity contribution is 7.94. The predicted molar refractivity (Wildman–Crippen MR) is 126 cm³/mol. The van der Waals surface area contributed by atoms with Gasteiger partial charge in [-0.25, -0.2) is 18.5 Å². The van der Waals surface area contributed by atoms with E-state index < -0.39 is 14.6 Å². The molecule has 1 aromatic carbocycles. The SMILES string of the molecule is CN1NC(c2cn(Cc3ccc(C#N)cc3)nn2)C2=C1C(=O)N(CC1(S(=O)(=O)C3CC3)CC1)CC2. The van der Waals surface area contributed by atoms with E-state index in [4.69, 9.17) is 5.26 Å². The number of likely N-dealkylation sites (N-methyl/N-ethyl adjacent to an activating group) is 1. The second-order valence-electron chi connectivity index (χ2n) is 10.0. The quantitative estimate of drug-likeness (QED) is 0.612. The van der Waals surface area contributed by atoms with Gasteiger partial charge in [-0.1, -0.05) is 17.3 Å². The molecule has 0 bridgehead atoms. The summed E-state index contributed by atoms with van der Waals surface area (Å²) in [5, 5.41) is 19.1. The van der Waals surface area contributed by atoms with Crippen LogP contribution >= 0.6 is 0 Å². The number of rotatable bonds is 7. The van der Waals surface area contributed by atoms with Crippen LogP contribution in [-0.2, 0) is 21.2 Å². The monoisotopic (exact) mass is 493 g/mol. The fourth-order valence-electron chi connectivity index (χ4n) is 5.28. The third-order valence-corrected chi connectivity index (χ3v) is 10.7. The van der Waals surface area contributed by atoms with Gasteiger partial charge in [-0.2, -0.15) is 5.26 Å². The minimum Gasteiger partial charge on any atom is -0.335 e. The average molecular weight is 494 g/mol. The predicted octanol–water partition coefficient (Wildman–Crippen LogP) is 1.29. The van der Waals surface area contributed by atoms with E-state index >= 15 is 0 Å². The number of hydrazine groups is 1. The summed E-state index contributed by atoms with van der Waals surface area (Å²) in [7, 11) is -1.36. The first kappa shape index (κ1) is 22.2. The molecular formula is C24H27N7O3S. The van der Waals surface area contributed by atoms with Crippen LogP contribution in [0, 0.1) is 11.3 Å². The molecule has 2 fully saturated rings. The summed E-state index contributed by atoms with van der Waals surface area (Å²) in [6.07, 6.45) is 5.35. The summed E-state index contributed by atoms with van der Waals surface area (Å²) < 4.78 is 26.9. The van der Waals surface area contributed by atoms with Gasteiger partial charge in [-0.05, 0) is 55.4 Å². The van der Waals surface area contributed by atoms with Crippen molar-refractivity contribution >= 4 is 15.7 Å². The Bertz CT molecular complexity index is 1360. The summed E-state index contributed by atoms with van der Waals surface area (Å²) in [5.41, 5.74) is 7.24. The third-order valence-electron chi connectivity index (χ3n) is 7.58. The summed E-state index contributed by atoms with van der Waals surface area (Å²) in [4.78, 5) is 15.2. The Kier molecular flexibility index (Phi) is 5.02. The van der Waals surface area contributed by atoms with Crippen molar-refractivity contribution in [3.8, 4) is 6.07 Å². The van der Waals surface area contributed by atoms with Crippen LogP contribution in [0.2, 0.25) is 0 Å². The van der Waals surface area contributed by atoms with Gasteiger partial charge in [0.05, 0.1) is 40.4 Å². The number of sulfone groups is 1. The summed E-state index contributed by atoms with van der Waals surface area (Å²) in [6.45, 7) is 1.32. The third kappa shape index (κ3) is 3.72. The molecule has 2 saturated carbocycles. The molecular weight excluding hydrogens is 466 g/mol. The maximum absolute atomic E-state index is 13.4. The highest BCUT2D eigenvalue weighted by Crippen LogP contribution is 2.51. The van der Waals surface area contributed by atoms with E-state index in [1.165, 1.54) is 0 Å². The number of benzene rings is 1. The highest BCUT2D eigenvalue weighted by Gasteiger charge is 2.60. The molecule has 182 valence electrons. The van der Waals surface area contributed by atoms with Crippen molar-refractivity contribution in [3.63, 3.8) is 0 Å².